The van der Waals surface area contributed by atoms with Crippen LogP contribution in [0.25, 0.3) is 0 Å². The van der Waals surface area contributed by atoms with Crippen molar-refractivity contribution < 1.29 is 9.53 Å². The SMILES string of the molecule is COC(=O)C(CS)Nc1ccccc1. The van der Waals surface area contributed by atoms with Crippen LogP contribution in [-0.4, -0.2) is 24.9 Å². The van der Waals surface area contributed by atoms with Gasteiger partial charge in [-0.05, 0) is 12.1 Å². The molecule has 0 aromatic heterocycles. The Hall–Kier alpha value is -1.16. The third-order valence-electron chi connectivity index (χ3n) is 1.78. The van der Waals surface area contributed by atoms with E-state index in [9.17, 15) is 4.79 Å². The molecule has 0 saturated heterocycles. The lowest BCUT2D eigenvalue weighted by Gasteiger charge is -2.14. The highest BCUT2D eigenvalue weighted by atomic mass is 32.1. The summed E-state index contributed by atoms with van der Waals surface area (Å²) in [4.78, 5) is 11.2. The van der Waals surface area contributed by atoms with E-state index in [1.54, 1.807) is 0 Å². The van der Waals surface area contributed by atoms with Gasteiger partial charge in [0.2, 0.25) is 0 Å². The number of esters is 1. The number of ether oxygens (including phenoxy) is 1. The molecule has 1 rings (SSSR count). The predicted octanol–water partition coefficient (Wildman–Crippen LogP) is 1.57. The number of hydrogen-bond donors (Lipinski definition) is 2. The Balaban J connectivity index is 2.62. The van der Waals surface area contributed by atoms with E-state index >= 15 is 0 Å². The third-order valence-corrected chi connectivity index (χ3v) is 2.15. The summed E-state index contributed by atoms with van der Waals surface area (Å²) in [6.45, 7) is 0. The van der Waals surface area contributed by atoms with Crippen LogP contribution in [0.5, 0.6) is 0 Å². The van der Waals surface area contributed by atoms with E-state index in [0.717, 1.165) is 5.69 Å². The van der Waals surface area contributed by atoms with E-state index in [2.05, 4.69) is 22.7 Å². The third kappa shape index (κ3) is 2.96. The van der Waals surface area contributed by atoms with Crippen LogP contribution in [0.4, 0.5) is 5.69 Å². The number of para-hydroxylation sites is 1. The van der Waals surface area contributed by atoms with Crippen LogP contribution in [0.1, 0.15) is 0 Å². The molecule has 0 saturated carbocycles. The molecule has 1 atom stereocenters. The van der Waals surface area contributed by atoms with Crippen LogP contribution >= 0.6 is 12.6 Å². The van der Waals surface area contributed by atoms with Crippen LogP contribution in [-0.2, 0) is 9.53 Å². The summed E-state index contributed by atoms with van der Waals surface area (Å²) in [5.74, 6) is 0.102. The molecule has 0 fully saturated rings. The average molecular weight is 211 g/mol. The Bertz CT molecular complexity index is 289. The first kappa shape index (κ1) is 10.9. The largest absolute Gasteiger partial charge is 0.467 e. The topological polar surface area (TPSA) is 38.3 Å². The molecule has 0 aliphatic heterocycles. The number of carbonyl (C=O) groups is 1. The maximum Gasteiger partial charge on any atom is 0.329 e. The van der Waals surface area contributed by atoms with Crippen molar-refractivity contribution >= 4 is 24.3 Å². The molecule has 1 aromatic rings. The summed E-state index contributed by atoms with van der Waals surface area (Å²) >= 11 is 4.08. The second-order valence-electron chi connectivity index (χ2n) is 2.77. The van der Waals surface area contributed by atoms with Crippen LogP contribution in [0.15, 0.2) is 30.3 Å². The molecule has 1 unspecified atom stereocenters. The van der Waals surface area contributed by atoms with Crippen molar-refractivity contribution in [2.24, 2.45) is 0 Å². The van der Waals surface area contributed by atoms with Gasteiger partial charge in [-0.1, -0.05) is 18.2 Å². The Kier molecular flexibility index (Phi) is 4.32. The molecule has 0 aliphatic rings. The Labute approximate surface area is 88.9 Å². The number of benzene rings is 1. The highest BCUT2D eigenvalue weighted by Crippen LogP contribution is 2.08. The standard InChI is InChI=1S/C10H13NO2S/c1-13-10(12)9(7-14)11-8-5-3-2-4-6-8/h2-6,9,11,14H,7H2,1H3. The minimum Gasteiger partial charge on any atom is -0.467 e. The minimum absolute atomic E-state index is 0.302. The summed E-state index contributed by atoms with van der Waals surface area (Å²) in [5.41, 5.74) is 0.886. The lowest BCUT2D eigenvalue weighted by Crippen LogP contribution is -2.32. The fourth-order valence-electron chi connectivity index (χ4n) is 1.06. The molecule has 3 nitrogen and oxygen atoms in total. The van der Waals surface area contributed by atoms with Crippen LogP contribution in [0.3, 0.4) is 0 Å². The molecule has 1 aromatic carbocycles. The molecule has 1 N–H and O–H groups in total. The summed E-state index contributed by atoms with van der Waals surface area (Å²) < 4.78 is 4.63. The summed E-state index contributed by atoms with van der Waals surface area (Å²) in [5, 5.41) is 3.03. The van der Waals surface area contributed by atoms with Gasteiger partial charge in [0.15, 0.2) is 0 Å². The number of thiol groups is 1. The van der Waals surface area contributed by atoms with Gasteiger partial charge in [0.05, 0.1) is 7.11 Å². The number of carbonyl (C=O) groups excluding carboxylic acids is 1. The zero-order valence-electron chi connectivity index (χ0n) is 7.93. The fourth-order valence-corrected chi connectivity index (χ4v) is 1.30. The number of methoxy groups -OCH3 is 1. The second kappa shape index (κ2) is 5.54. The van der Waals surface area contributed by atoms with Crippen molar-refractivity contribution in [1.29, 1.82) is 0 Å². The first-order valence-electron chi connectivity index (χ1n) is 4.28. The van der Waals surface area contributed by atoms with E-state index in [-0.39, 0.29) is 5.97 Å². The molecule has 0 heterocycles. The summed E-state index contributed by atoms with van der Waals surface area (Å²) in [7, 11) is 1.37. The number of rotatable bonds is 4. The fraction of sp³-hybridized carbons (Fsp3) is 0.300. The molecule has 0 aliphatic carbocycles. The normalized spacial score (nSPS) is 11.9. The number of anilines is 1. The van der Waals surface area contributed by atoms with Crippen molar-refractivity contribution in [2.75, 3.05) is 18.2 Å². The van der Waals surface area contributed by atoms with Crippen molar-refractivity contribution in [3.63, 3.8) is 0 Å². The van der Waals surface area contributed by atoms with Crippen LogP contribution < -0.4 is 5.32 Å². The van der Waals surface area contributed by atoms with Gasteiger partial charge < -0.3 is 10.1 Å². The van der Waals surface area contributed by atoms with Crippen molar-refractivity contribution in [3.8, 4) is 0 Å². The van der Waals surface area contributed by atoms with Crippen molar-refractivity contribution in [3.05, 3.63) is 30.3 Å². The molecule has 14 heavy (non-hydrogen) atoms. The molecule has 4 heteroatoms. The van der Waals surface area contributed by atoms with Crippen molar-refractivity contribution in [1.82, 2.24) is 0 Å². The first-order valence-corrected chi connectivity index (χ1v) is 4.91. The molecule has 0 spiro atoms. The monoisotopic (exact) mass is 211 g/mol. The van der Waals surface area contributed by atoms with Crippen LogP contribution in [0, 0.1) is 0 Å². The minimum atomic E-state index is -0.397. The highest BCUT2D eigenvalue weighted by molar-refractivity contribution is 7.80. The lowest BCUT2D eigenvalue weighted by atomic mass is 10.2. The zero-order valence-corrected chi connectivity index (χ0v) is 8.83. The van der Waals surface area contributed by atoms with Crippen molar-refractivity contribution in [2.45, 2.75) is 6.04 Å². The van der Waals surface area contributed by atoms with Gasteiger partial charge in [-0.2, -0.15) is 12.6 Å². The first-order chi connectivity index (χ1) is 6.77. The Morgan fingerprint density at radius 1 is 1.50 bits per heavy atom. The smallest absolute Gasteiger partial charge is 0.329 e. The zero-order chi connectivity index (χ0) is 10.4. The molecule has 0 bridgehead atoms. The molecule has 76 valence electrons. The van der Waals surface area contributed by atoms with Gasteiger partial charge in [-0.25, -0.2) is 4.79 Å². The Morgan fingerprint density at radius 2 is 2.14 bits per heavy atom. The maximum atomic E-state index is 11.2. The highest BCUT2D eigenvalue weighted by Gasteiger charge is 2.16. The summed E-state index contributed by atoms with van der Waals surface area (Å²) in [6, 6.07) is 9.09. The molecular weight excluding hydrogens is 198 g/mol. The van der Waals surface area contributed by atoms with E-state index in [4.69, 9.17) is 0 Å². The maximum absolute atomic E-state index is 11.2. The number of hydrogen-bond acceptors (Lipinski definition) is 4. The van der Waals surface area contributed by atoms with E-state index in [1.807, 2.05) is 30.3 Å². The molecule has 0 radical (unpaired) electrons. The molecule has 0 amide bonds. The van der Waals surface area contributed by atoms with Gasteiger partial charge in [-0.3, -0.25) is 0 Å². The second-order valence-corrected chi connectivity index (χ2v) is 3.13. The lowest BCUT2D eigenvalue weighted by molar-refractivity contribution is -0.140. The Morgan fingerprint density at radius 3 is 2.64 bits per heavy atom. The molecular formula is C10H13NO2S. The van der Waals surface area contributed by atoms with E-state index in [1.165, 1.54) is 7.11 Å². The van der Waals surface area contributed by atoms with Gasteiger partial charge >= 0.3 is 5.97 Å². The van der Waals surface area contributed by atoms with Crippen LogP contribution in [0.2, 0.25) is 0 Å². The quantitative estimate of drug-likeness (QED) is 0.586. The van der Waals surface area contributed by atoms with Gasteiger partial charge in [-0.15, -0.1) is 0 Å². The van der Waals surface area contributed by atoms with Gasteiger partial charge in [0.1, 0.15) is 6.04 Å². The average Bonchev–Trinajstić information content (AvgIpc) is 2.26. The van der Waals surface area contributed by atoms with Gasteiger partial charge in [0.25, 0.3) is 0 Å². The predicted molar refractivity (Wildman–Crippen MR) is 59.7 cm³/mol. The van der Waals surface area contributed by atoms with E-state index in [0.29, 0.717) is 5.75 Å². The summed E-state index contributed by atoms with van der Waals surface area (Å²) in [6.07, 6.45) is 0. The number of nitrogens with one attached hydrogen (secondary N) is 1. The van der Waals surface area contributed by atoms with E-state index < -0.39 is 6.04 Å². The van der Waals surface area contributed by atoms with Gasteiger partial charge in [0, 0.05) is 11.4 Å².